The second-order valence-corrected chi connectivity index (χ2v) is 8.64. The third-order valence-corrected chi connectivity index (χ3v) is 6.38. The fraction of sp³-hybridized carbons (Fsp3) is 0.550. The summed E-state index contributed by atoms with van der Waals surface area (Å²) in [6.07, 6.45) is 5.80. The van der Waals surface area contributed by atoms with Crippen LogP contribution in [0.5, 0.6) is 5.75 Å². The molecule has 0 saturated carbocycles. The van der Waals surface area contributed by atoms with Crippen molar-refractivity contribution in [3.63, 3.8) is 0 Å². The summed E-state index contributed by atoms with van der Waals surface area (Å²) >= 11 is 0. The van der Waals surface area contributed by atoms with Crippen molar-refractivity contribution in [3.05, 3.63) is 30.2 Å². The number of ether oxygens (including phenoxy) is 1. The standard InChI is InChI=1S/C20H28N2O4S/c1-3-5-9-18-21-19(20(26-18)22-14-7-6-8-15-22)27(23,24)17-12-10-16(11-13-17)25-4-2/h10-13H,3-9,14-15H2,1-2H3. The van der Waals surface area contributed by atoms with Crippen molar-refractivity contribution in [1.82, 2.24) is 4.98 Å². The predicted octanol–water partition coefficient (Wildman–Crippen LogP) is 4.24. The molecule has 1 aliphatic heterocycles. The zero-order valence-corrected chi connectivity index (χ0v) is 16.9. The van der Waals surface area contributed by atoms with Crippen molar-refractivity contribution in [2.75, 3.05) is 24.6 Å². The second-order valence-electron chi connectivity index (χ2n) is 6.78. The van der Waals surface area contributed by atoms with Gasteiger partial charge in [-0.25, -0.2) is 8.42 Å². The van der Waals surface area contributed by atoms with E-state index in [9.17, 15) is 8.42 Å². The van der Waals surface area contributed by atoms with Gasteiger partial charge in [0.2, 0.25) is 20.7 Å². The van der Waals surface area contributed by atoms with E-state index in [2.05, 4.69) is 11.9 Å². The smallest absolute Gasteiger partial charge is 0.236 e. The van der Waals surface area contributed by atoms with Crippen molar-refractivity contribution < 1.29 is 17.6 Å². The molecule has 7 heteroatoms. The summed E-state index contributed by atoms with van der Waals surface area (Å²) in [4.78, 5) is 6.63. The summed E-state index contributed by atoms with van der Waals surface area (Å²) in [5.41, 5.74) is 0. The van der Waals surface area contributed by atoms with Crippen LogP contribution in [0.4, 0.5) is 5.88 Å². The number of nitrogens with zero attached hydrogens (tertiary/aromatic N) is 2. The fourth-order valence-corrected chi connectivity index (χ4v) is 4.58. The van der Waals surface area contributed by atoms with E-state index >= 15 is 0 Å². The predicted molar refractivity (Wildman–Crippen MR) is 104 cm³/mol. The van der Waals surface area contributed by atoms with Gasteiger partial charge in [0.05, 0.1) is 11.5 Å². The Morgan fingerprint density at radius 3 is 2.44 bits per heavy atom. The van der Waals surface area contributed by atoms with Gasteiger partial charge in [-0.15, -0.1) is 0 Å². The van der Waals surface area contributed by atoms with Crippen molar-refractivity contribution >= 4 is 15.7 Å². The zero-order chi connectivity index (χ0) is 19.3. The summed E-state index contributed by atoms with van der Waals surface area (Å²) in [5, 5.41) is 0.0414. The lowest BCUT2D eigenvalue weighted by molar-refractivity contribution is 0.340. The fourth-order valence-electron chi connectivity index (χ4n) is 3.24. The third-order valence-electron chi connectivity index (χ3n) is 4.71. The topological polar surface area (TPSA) is 72.6 Å². The highest BCUT2D eigenvalue weighted by molar-refractivity contribution is 7.91. The van der Waals surface area contributed by atoms with Crippen LogP contribution in [0.1, 0.15) is 51.8 Å². The molecule has 0 atom stereocenters. The highest BCUT2D eigenvalue weighted by atomic mass is 32.2. The van der Waals surface area contributed by atoms with E-state index in [-0.39, 0.29) is 9.92 Å². The quantitative estimate of drug-likeness (QED) is 0.669. The molecule has 27 heavy (non-hydrogen) atoms. The van der Waals surface area contributed by atoms with Gasteiger partial charge in [0.15, 0.2) is 5.89 Å². The molecule has 0 aliphatic carbocycles. The van der Waals surface area contributed by atoms with Crippen LogP contribution < -0.4 is 9.64 Å². The SMILES string of the molecule is CCCCc1nc(S(=O)(=O)c2ccc(OCC)cc2)c(N2CCCCC2)o1. The molecule has 1 aromatic carbocycles. The Bertz CT molecular complexity index is 837. The van der Waals surface area contributed by atoms with Crippen molar-refractivity contribution in [1.29, 1.82) is 0 Å². The third kappa shape index (κ3) is 4.46. The molecule has 6 nitrogen and oxygen atoms in total. The molecule has 1 aliphatic rings. The van der Waals surface area contributed by atoms with E-state index in [0.29, 0.717) is 30.6 Å². The molecule has 0 unspecified atom stereocenters. The van der Waals surface area contributed by atoms with Crippen molar-refractivity contribution in [2.24, 2.45) is 0 Å². The summed E-state index contributed by atoms with van der Waals surface area (Å²) in [7, 11) is -3.76. The van der Waals surface area contributed by atoms with Gasteiger partial charge in [-0.05, 0) is 56.9 Å². The van der Waals surface area contributed by atoms with Crippen LogP contribution in [0.2, 0.25) is 0 Å². The van der Waals surface area contributed by atoms with Crippen LogP contribution >= 0.6 is 0 Å². The lowest BCUT2D eigenvalue weighted by atomic mass is 10.1. The molecule has 2 heterocycles. The number of sulfone groups is 1. The number of hydrogen-bond acceptors (Lipinski definition) is 6. The number of aromatic nitrogens is 1. The maximum absolute atomic E-state index is 13.3. The van der Waals surface area contributed by atoms with Gasteiger partial charge in [0.1, 0.15) is 5.75 Å². The van der Waals surface area contributed by atoms with Gasteiger partial charge in [-0.3, -0.25) is 0 Å². The maximum atomic E-state index is 13.3. The van der Waals surface area contributed by atoms with Gasteiger partial charge < -0.3 is 14.1 Å². The average Bonchev–Trinajstić information content (AvgIpc) is 3.13. The van der Waals surface area contributed by atoms with Crippen molar-refractivity contribution in [2.45, 2.75) is 62.3 Å². The number of piperidine rings is 1. The molecule has 0 N–H and O–H groups in total. The highest BCUT2D eigenvalue weighted by Gasteiger charge is 2.31. The maximum Gasteiger partial charge on any atom is 0.236 e. The van der Waals surface area contributed by atoms with Gasteiger partial charge in [-0.2, -0.15) is 4.98 Å². The number of rotatable bonds is 8. The first-order chi connectivity index (χ1) is 13.1. The summed E-state index contributed by atoms with van der Waals surface area (Å²) in [6, 6.07) is 6.49. The van der Waals surface area contributed by atoms with Gasteiger partial charge in [0, 0.05) is 19.5 Å². The van der Waals surface area contributed by atoms with Crippen LogP contribution in [-0.4, -0.2) is 33.1 Å². The highest BCUT2D eigenvalue weighted by Crippen LogP contribution is 2.33. The summed E-state index contributed by atoms with van der Waals surface area (Å²) in [6.45, 7) is 6.12. The van der Waals surface area contributed by atoms with E-state index in [1.54, 1.807) is 24.3 Å². The Morgan fingerprint density at radius 1 is 1.11 bits per heavy atom. The normalized spacial score (nSPS) is 15.1. The van der Waals surface area contributed by atoms with E-state index in [1.807, 2.05) is 11.8 Å². The minimum atomic E-state index is -3.76. The Kier molecular flexibility index (Phi) is 6.42. The van der Waals surface area contributed by atoms with Crippen LogP contribution in [0.15, 0.2) is 38.6 Å². The van der Waals surface area contributed by atoms with E-state index in [4.69, 9.17) is 9.15 Å². The van der Waals surface area contributed by atoms with Gasteiger partial charge >= 0.3 is 0 Å². The number of benzene rings is 1. The lowest BCUT2D eigenvalue weighted by Gasteiger charge is -2.26. The molecule has 2 aromatic rings. The summed E-state index contributed by atoms with van der Waals surface area (Å²) in [5.74, 6) is 1.55. The Balaban J connectivity index is 1.97. The summed E-state index contributed by atoms with van der Waals surface area (Å²) < 4.78 is 37.9. The average molecular weight is 393 g/mol. The van der Waals surface area contributed by atoms with E-state index in [1.165, 1.54) is 0 Å². The lowest BCUT2D eigenvalue weighted by Crippen LogP contribution is -2.30. The number of aryl methyl sites for hydroxylation is 1. The largest absolute Gasteiger partial charge is 0.494 e. The molecule has 1 aromatic heterocycles. The van der Waals surface area contributed by atoms with Crippen molar-refractivity contribution in [3.8, 4) is 5.75 Å². The van der Waals surface area contributed by atoms with E-state index < -0.39 is 9.84 Å². The van der Waals surface area contributed by atoms with Crippen LogP contribution in [0.3, 0.4) is 0 Å². The Hall–Kier alpha value is -2.02. The zero-order valence-electron chi connectivity index (χ0n) is 16.1. The molecular weight excluding hydrogens is 364 g/mol. The number of unbranched alkanes of at least 4 members (excludes halogenated alkanes) is 1. The first kappa shape index (κ1) is 19.7. The molecule has 0 amide bonds. The molecule has 0 radical (unpaired) electrons. The molecule has 3 rings (SSSR count). The van der Waals surface area contributed by atoms with Crippen LogP contribution in [0.25, 0.3) is 0 Å². The molecule has 148 valence electrons. The Labute approximate surface area is 161 Å². The molecule has 1 fully saturated rings. The van der Waals surface area contributed by atoms with Gasteiger partial charge in [0.25, 0.3) is 0 Å². The molecule has 0 bridgehead atoms. The van der Waals surface area contributed by atoms with Gasteiger partial charge in [-0.1, -0.05) is 13.3 Å². The van der Waals surface area contributed by atoms with E-state index in [0.717, 1.165) is 45.2 Å². The minimum Gasteiger partial charge on any atom is -0.494 e. The number of oxazole rings is 1. The number of anilines is 1. The second kappa shape index (κ2) is 8.78. The minimum absolute atomic E-state index is 0.0414. The first-order valence-corrected chi connectivity index (χ1v) is 11.3. The molecular formula is C20H28N2O4S. The monoisotopic (exact) mass is 392 g/mol. The number of hydrogen-bond donors (Lipinski definition) is 0. The van der Waals surface area contributed by atoms with Crippen LogP contribution in [-0.2, 0) is 16.3 Å². The molecule has 0 spiro atoms. The molecule has 1 saturated heterocycles. The first-order valence-electron chi connectivity index (χ1n) is 9.79. The Morgan fingerprint density at radius 2 is 1.81 bits per heavy atom. The van der Waals surface area contributed by atoms with Crippen LogP contribution in [0, 0.1) is 0 Å².